The summed E-state index contributed by atoms with van der Waals surface area (Å²) in [5, 5.41) is 2.06. The van der Waals surface area contributed by atoms with Crippen molar-refractivity contribution in [2.45, 2.75) is 32.4 Å². The molecule has 1 aromatic rings. The predicted molar refractivity (Wildman–Crippen MR) is 84.3 cm³/mol. The Morgan fingerprint density at radius 3 is 2.75 bits per heavy atom. The molecule has 1 aliphatic rings. The third-order valence-electron chi connectivity index (χ3n) is 3.78. The number of halogens is 1. The Kier molecular flexibility index (Phi) is 6.95. The normalized spacial score (nSPS) is 17.4. The van der Waals surface area contributed by atoms with Crippen molar-refractivity contribution in [1.82, 2.24) is 4.90 Å². The molecule has 1 amide bonds. The van der Waals surface area contributed by atoms with Gasteiger partial charge >= 0.3 is 0 Å². The number of ether oxygens (including phenoxy) is 1. The second kappa shape index (κ2) is 7.98. The number of rotatable bonds is 4. The van der Waals surface area contributed by atoms with E-state index >= 15 is 0 Å². The summed E-state index contributed by atoms with van der Waals surface area (Å²) in [6.45, 7) is 4.17. The number of hydrogen-bond acceptors (Lipinski definition) is 4. The quantitative estimate of drug-likeness (QED) is 0.926. The zero-order valence-electron chi connectivity index (χ0n) is 12.0. The number of carbonyl (C=O) groups excluding carboxylic acids is 1. The van der Waals surface area contributed by atoms with Crippen LogP contribution in [0, 0.1) is 12.8 Å². The van der Waals surface area contributed by atoms with Gasteiger partial charge in [-0.2, -0.15) is 0 Å². The van der Waals surface area contributed by atoms with Crippen LogP contribution in [0.1, 0.15) is 23.3 Å². The Balaban J connectivity index is 0.00000200. The molecule has 1 aromatic heterocycles. The first kappa shape index (κ1) is 17.4. The van der Waals surface area contributed by atoms with Crippen LogP contribution in [0.3, 0.4) is 0 Å². The number of likely N-dealkylation sites (N-methyl/N-ethyl adjacent to an activating group) is 1. The van der Waals surface area contributed by atoms with Gasteiger partial charge in [0, 0.05) is 25.1 Å². The molecule has 6 heteroatoms. The van der Waals surface area contributed by atoms with Crippen LogP contribution in [-0.4, -0.2) is 37.1 Å². The molecule has 1 fully saturated rings. The fraction of sp³-hybridized carbons (Fsp3) is 0.643. The first-order valence-corrected chi connectivity index (χ1v) is 7.59. The Labute approximate surface area is 130 Å². The van der Waals surface area contributed by atoms with Gasteiger partial charge in [-0.1, -0.05) is 0 Å². The maximum absolute atomic E-state index is 12.3. The number of nitrogens with two attached hydrogens (primary N) is 1. The van der Waals surface area contributed by atoms with Gasteiger partial charge in [0.05, 0.1) is 12.6 Å². The second-order valence-corrected chi connectivity index (χ2v) is 6.20. The van der Waals surface area contributed by atoms with Crippen LogP contribution in [-0.2, 0) is 16.1 Å². The predicted octanol–water partition coefficient (Wildman–Crippen LogP) is 2.19. The minimum atomic E-state index is -0.394. The van der Waals surface area contributed by atoms with E-state index in [9.17, 15) is 4.79 Å². The highest BCUT2D eigenvalue weighted by molar-refractivity contribution is 7.10. The second-order valence-electron chi connectivity index (χ2n) is 5.20. The van der Waals surface area contributed by atoms with E-state index in [2.05, 4.69) is 18.4 Å². The number of aryl methyl sites for hydroxylation is 1. The SMILES string of the molecule is Cc1ccsc1CN(C)C(=O)C(N)C1CCOCC1.Cl. The number of carbonyl (C=O) groups is 1. The van der Waals surface area contributed by atoms with Gasteiger partial charge in [0.25, 0.3) is 0 Å². The molecular formula is C14H23ClN2O2S. The van der Waals surface area contributed by atoms with Gasteiger partial charge in [-0.3, -0.25) is 4.79 Å². The average molecular weight is 319 g/mol. The maximum atomic E-state index is 12.3. The first-order valence-electron chi connectivity index (χ1n) is 6.71. The molecule has 1 saturated heterocycles. The van der Waals surface area contributed by atoms with Gasteiger partial charge in [-0.05, 0) is 42.7 Å². The van der Waals surface area contributed by atoms with Crippen LogP contribution >= 0.6 is 23.7 Å². The Morgan fingerprint density at radius 1 is 1.55 bits per heavy atom. The molecule has 1 unspecified atom stereocenters. The molecule has 4 nitrogen and oxygen atoms in total. The molecule has 2 heterocycles. The molecule has 1 atom stereocenters. The zero-order chi connectivity index (χ0) is 13.8. The summed E-state index contributed by atoms with van der Waals surface area (Å²) < 4.78 is 5.31. The van der Waals surface area contributed by atoms with E-state index in [-0.39, 0.29) is 24.2 Å². The Morgan fingerprint density at radius 2 is 2.20 bits per heavy atom. The number of amides is 1. The van der Waals surface area contributed by atoms with Gasteiger partial charge in [0.2, 0.25) is 5.91 Å². The number of hydrogen-bond donors (Lipinski definition) is 1. The van der Waals surface area contributed by atoms with Crippen molar-refractivity contribution in [3.63, 3.8) is 0 Å². The third-order valence-corrected chi connectivity index (χ3v) is 4.79. The molecule has 2 N–H and O–H groups in total. The lowest BCUT2D eigenvalue weighted by molar-refractivity contribution is -0.133. The van der Waals surface area contributed by atoms with E-state index in [1.807, 2.05) is 7.05 Å². The highest BCUT2D eigenvalue weighted by atomic mass is 35.5. The fourth-order valence-electron chi connectivity index (χ4n) is 2.39. The molecule has 1 aliphatic heterocycles. The smallest absolute Gasteiger partial charge is 0.239 e. The molecule has 114 valence electrons. The van der Waals surface area contributed by atoms with Crippen molar-refractivity contribution in [2.75, 3.05) is 20.3 Å². The highest BCUT2D eigenvalue weighted by Gasteiger charge is 2.28. The van der Waals surface area contributed by atoms with Crippen molar-refractivity contribution >= 4 is 29.7 Å². The summed E-state index contributed by atoms with van der Waals surface area (Å²) in [6.07, 6.45) is 1.78. The molecule has 20 heavy (non-hydrogen) atoms. The van der Waals surface area contributed by atoms with Crippen LogP contribution in [0.2, 0.25) is 0 Å². The lowest BCUT2D eigenvalue weighted by Crippen LogP contribution is -2.47. The summed E-state index contributed by atoms with van der Waals surface area (Å²) in [5.41, 5.74) is 7.36. The molecule has 0 saturated carbocycles. The number of nitrogens with zero attached hydrogens (tertiary/aromatic N) is 1. The van der Waals surface area contributed by atoms with E-state index in [4.69, 9.17) is 10.5 Å². The molecule has 0 radical (unpaired) electrons. The van der Waals surface area contributed by atoms with E-state index in [0.717, 1.165) is 26.1 Å². The van der Waals surface area contributed by atoms with Gasteiger partial charge in [0.1, 0.15) is 0 Å². The summed E-state index contributed by atoms with van der Waals surface area (Å²) in [5.74, 6) is 0.299. The summed E-state index contributed by atoms with van der Waals surface area (Å²) >= 11 is 1.69. The van der Waals surface area contributed by atoms with E-state index in [1.54, 1.807) is 16.2 Å². The van der Waals surface area contributed by atoms with Gasteiger partial charge in [0.15, 0.2) is 0 Å². The molecule has 0 bridgehead atoms. The van der Waals surface area contributed by atoms with Crippen LogP contribution in [0.25, 0.3) is 0 Å². The number of thiophene rings is 1. The first-order chi connectivity index (χ1) is 9.09. The summed E-state index contributed by atoms with van der Waals surface area (Å²) in [4.78, 5) is 15.3. The minimum absolute atomic E-state index is 0. The summed E-state index contributed by atoms with van der Waals surface area (Å²) in [7, 11) is 1.83. The molecule has 0 spiro atoms. The van der Waals surface area contributed by atoms with Crippen LogP contribution in [0.15, 0.2) is 11.4 Å². The summed E-state index contributed by atoms with van der Waals surface area (Å²) in [6, 6.07) is 1.69. The third kappa shape index (κ3) is 4.19. The van der Waals surface area contributed by atoms with E-state index in [0.29, 0.717) is 6.54 Å². The zero-order valence-corrected chi connectivity index (χ0v) is 13.6. The highest BCUT2D eigenvalue weighted by Crippen LogP contribution is 2.21. The fourth-order valence-corrected chi connectivity index (χ4v) is 3.35. The minimum Gasteiger partial charge on any atom is -0.381 e. The van der Waals surface area contributed by atoms with Crippen LogP contribution < -0.4 is 5.73 Å². The Bertz CT molecular complexity index is 433. The Hall–Kier alpha value is -0.620. The largest absolute Gasteiger partial charge is 0.381 e. The van der Waals surface area contributed by atoms with Crippen LogP contribution in [0.4, 0.5) is 0 Å². The van der Waals surface area contributed by atoms with Crippen molar-refractivity contribution in [2.24, 2.45) is 11.7 Å². The van der Waals surface area contributed by atoms with Crippen molar-refractivity contribution in [3.05, 3.63) is 21.9 Å². The molecule has 0 aromatic carbocycles. The monoisotopic (exact) mass is 318 g/mol. The lowest BCUT2D eigenvalue weighted by atomic mass is 9.91. The van der Waals surface area contributed by atoms with Crippen molar-refractivity contribution in [3.8, 4) is 0 Å². The van der Waals surface area contributed by atoms with Gasteiger partial charge in [-0.25, -0.2) is 0 Å². The maximum Gasteiger partial charge on any atom is 0.239 e. The van der Waals surface area contributed by atoms with Gasteiger partial charge in [-0.15, -0.1) is 23.7 Å². The lowest BCUT2D eigenvalue weighted by Gasteiger charge is -2.29. The average Bonchev–Trinajstić information content (AvgIpc) is 2.83. The van der Waals surface area contributed by atoms with Crippen molar-refractivity contribution in [1.29, 1.82) is 0 Å². The molecule has 2 rings (SSSR count). The topological polar surface area (TPSA) is 55.6 Å². The van der Waals surface area contributed by atoms with Crippen LogP contribution in [0.5, 0.6) is 0 Å². The molecular weight excluding hydrogens is 296 g/mol. The van der Waals surface area contributed by atoms with E-state index < -0.39 is 6.04 Å². The van der Waals surface area contributed by atoms with Crippen molar-refractivity contribution < 1.29 is 9.53 Å². The standard InChI is InChI=1S/C14H22N2O2S.ClH/c1-10-5-8-19-12(10)9-16(2)14(17)13(15)11-3-6-18-7-4-11;/h5,8,11,13H,3-4,6-7,9,15H2,1-2H3;1H. The van der Waals surface area contributed by atoms with E-state index in [1.165, 1.54) is 10.4 Å². The van der Waals surface area contributed by atoms with Gasteiger partial charge < -0.3 is 15.4 Å². The molecule has 0 aliphatic carbocycles.